The third-order valence-corrected chi connectivity index (χ3v) is 4.50. The van der Waals surface area contributed by atoms with Crippen LogP contribution >= 0.6 is 23.4 Å². The van der Waals surface area contributed by atoms with Gasteiger partial charge in [-0.2, -0.15) is 0 Å². The third-order valence-electron chi connectivity index (χ3n) is 2.97. The molecular formula is C18H26ClNOS. The monoisotopic (exact) mass is 339 g/mol. The van der Waals surface area contributed by atoms with Gasteiger partial charge in [0.1, 0.15) is 0 Å². The van der Waals surface area contributed by atoms with Crippen molar-refractivity contribution in [3.05, 3.63) is 57.2 Å². The van der Waals surface area contributed by atoms with Gasteiger partial charge in [-0.25, -0.2) is 0 Å². The van der Waals surface area contributed by atoms with Gasteiger partial charge in [0.2, 0.25) is 0 Å². The minimum Gasteiger partial charge on any atom is -0.145 e. The van der Waals surface area contributed by atoms with Gasteiger partial charge >= 0.3 is 0 Å². The van der Waals surface area contributed by atoms with Crippen LogP contribution in [0.15, 0.2) is 57.4 Å². The number of allylic oxidation sites excluding steroid dienone is 7. The lowest BCUT2D eigenvalue weighted by atomic mass is 10.2. The fourth-order valence-corrected chi connectivity index (χ4v) is 2.79. The maximum Gasteiger partial charge on any atom is 0.0815 e. The van der Waals surface area contributed by atoms with Crippen LogP contribution in [0.1, 0.15) is 52.4 Å². The summed E-state index contributed by atoms with van der Waals surface area (Å²) < 4.78 is 0. The maximum absolute atomic E-state index is 10.7. The van der Waals surface area contributed by atoms with E-state index in [1.54, 1.807) is 0 Å². The van der Waals surface area contributed by atoms with E-state index >= 15 is 0 Å². The predicted molar refractivity (Wildman–Crippen MR) is 101 cm³/mol. The van der Waals surface area contributed by atoms with Crippen molar-refractivity contribution in [2.45, 2.75) is 52.4 Å². The van der Waals surface area contributed by atoms with Crippen LogP contribution in [0.25, 0.3) is 0 Å². The number of hydrogen-bond donors (Lipinski definition) is 0. The van der Waals surface area contributed by atoms with Gasteiger partial charge in [-0.05, 0) is 60.9 Å². The molecule has 0 aromatic rings. The molecule has 0 N–H and O–H groups in total. The summed E-state index contributed by atoms with van der Waals surface area (Å²) in [4.78, 5) is 12.0. The molecule has 0 rings (SSSR count). The molecule has 4 heteroatoms. The first kappa shape index (κ1) is 21.0. The fourth-order valence-electron chi connectivity index (χ4n) is 1.70. The summed E-state index contributed by atoms with van der Waals surface area (Å²) in [6, 6.07) is 0. The highest BCUT2D eigenvalue weighted by molar-refractivity contribution is 8.03. The van der Waals surface area contributed by atoms with Crippen molar-refractivity contribution in [2.24, 2.45) is 5.18 Å². The summed E-state index contributed by atoms with van der Waals surface area (Å²) in [6.07, 6.45) is 13.7. The highest BCUT2D eigenvalue weighted by Gasteiger charge is 1.99. The average molecular weight is 340 g/mol. The van der Waals surface area contributed by atoms with Crippen LogP contribution in [0.5, 0.6) is 0 Å². The van der Waals surface area contributed by atoms with Gasteiger partial charge in [0.15, 0.2) is 0 Å². The van der Waals surface area contributed by atoms with Crippen LogP contribution in [0.2, 0.25) is 0 Å². The molecule has 0 heterocycles. The Hall–Kier alpha value is -1.02. The molecule has 0 fully saturated rings. The minimum atomic E-state index is 0.535. The van der Waals surface area contributed by atoms with Gasteiger partial charge in [0, 0.05) is 0 Å². The third kappa shape index (κ3) is 11.6. The number of hydrogen-bond acceptors (Lipinski definition) is 3. The van der Waals surface area contributed by atoms with Crippen LogP contribution < -0.4 is 0 Å². The van der Waals surface area contributed by atoms with Crippen LogP contribution in [0.3, 0.4) is 0 Å². The zero-order valence-electron chi connectivity index (χ0n) is 13.6. The Morgan fingerprint density at radius 1 is 1.41 bits per heavy atom. The summed E-state index contributed by atoms with van der Waals surface area (Å²) >= 11 is 7.66. The van der Waals surface area contributed by atoms with Gasteiger partial charge in [0.05, 0.1) is 10.7 Å². The number of unbranched alkanes of at least 4 members (excludes halogenated alkanes) is 2. The van der Waals surface area contributed by atoms with E-state index in [1.807, 2.05) is 36.9 Å². The van der Waals surface area contributed by atoms with Crippen molar-refractivity contribution in [3.8, 4) is 0 Å². The standard InChI is InChI=1S/C18H26ClNOS/c1-4-7-12-17(20-21)13-8-9-15-22-18(6-3)14-10-11-16(19)5-2/h6,10-12H,2,4,7-9,13-15H2,1,3H3/b11-10?,17-12+,18-6?. The molecule has 0 spiro atoms. The molecule has 2 nitrogen and oxygen atoms in total. The lowest BCUT2D eigenvalue weighted by Gasteiger charge is -2.04. The molecule has 0 atom stereocenters. The van der Waals surface area contributed by atoms with Crippen molar-refractivity contribution < 1.29 is 0 Å². The van der Waals surface area contributed by atoms with Crippen molar-refractivity contribution in [2.75, 3.05) is 5.75 Å². The van der Waals surface area contributed by atoms with Gasteiger partial charge in [-0.3, -0.25) is 0 Å². The van der Waals surface area contributed by atoms with Gasteiger partial charge in [-0.1, -0.05) is 49.8 Å². The summed E-state index contributed by atoms with van der Waals surface area (Å²) in [5, 5.41) is 3.63. The summed E-state index contributed by atoms with van der Waals surface area (Å²) in [7, 11) is 0. The van der Waals surface area contributed by atoms with E-state index in [4.69, 9.17) is 11.6 Å². The highest BCUT2D eigenvalue weighted by atomic mass is 35.5. The molecule has 0 radical (unpaired) electrons. The molecule has 0 aliphatic carbocycles. The van der Waals surface area contributed by atoms with Gasteiger partial charge in [0.25, 0.3) is 0 Å². The zero-order valence-corrected chi connectivity index (χ0v) is 15.2. The van der Waals surface area contributed by atoms with E-state index in [2.05, 4.69) is 30.5 Å². The molecular weight excluding hydrogens is 314 g/mol. The number of nitrogens with zero attached hydrogens (tertiary/aromatic N) is 1. The maximum atomic E-state index is 10.7. The predicted octanol–water partition coefficient (Wildman–Crippen LogP) is 7.10. The number of halogens is 1. The Bertz CT molecular complexity index is 460. The Labute approximate surface area is 144 Å². The molecule has 0 amide bonds. The van der Waals surface area contributed by atoms with E-state index in [9.17, 15) is 4.91 Å². The molecule has 0 aromatic heterocycles. The van der Waals surface area contributed by atoms with E-state index in [1.165, 1.54) is 4.91 Å². The zero-order chi connectivity index (χ0) is 16.6. The summed E-state index contributed by atoms with van der Waals surface area (Å²) in [6.45, 7) is 7.63. The minimum absolute atomic E-state index is 0.535. The Kier molecular flexibility index (Phi) is 14.2. The fraction of sp³-hybridized carbons (Fsp3) is 0.500. The molecule has 0 saturated heterocycles. The molecule has 0 saturated carbocycles. The first-order valence-corrected chi connectivity index (χ1v) is 9.06. The van der Waals surface area contributed by atoms with E-state index in [-0.39, 0.29) is 0 Å². The largest absolute Gasteiger partial charge is 0.145 e. The summed E-state index contributed by atoms with van der Waals surface area (Å²) in [5.41, 5.74) is 3.33. The molecule has 0 aliphatic rings. The smallest absolute Gasteiger partial charge is 0.0815 e. The van der Waals surface area contributed by atoms with Crippen molar-refractivity contribution in [3.63, 3.8) is 0 Å². The normalized spacial score (nSPS) is 12.5. The van der Waals surface area contributed by atoms with E-state index in [0.29, 0.717) is 10.7 Å². The Morgan fingerprint density at radius 3 is 2.77 bits per heavy atom. The first-order valence-electron chi connectivity index (χ1n) is 7.70. The molecule has 22 heavy (non-hydrogen) atoms. The first-order chi connectivity index (χ1) is 10.7. The SMILES string of the molecule is C=C=C(Cl)C=CCC(=CC)SCCCC/C(=C\CCC)N=O. The van der Waals surface area contributed by atoms with Crippen LogP contribution in [-0.2, 0) is 0 Å². The molecule has 0 bridgehead atoms. The lowest BCUT2D eigenvalue weighted by molar-refractivity contribution is 0.779. The Balaban J connectivity index is 3.95. The second-order valence-corrected chi connectivity index (χ2v) is 6.40. The second-order valence-electron chi connectivity index (χ2n) is 4.77. The van der Waals surface area contributed by atoms with Crippen molar-refractivity contribution >= 4 is 23.4 Å². The van der Waals surface area contributed by atoms with Crippen LogP contribution in [-0.4, -0.2) is 5.75 Å². The molecule has 0 aromatic carbocycles. The van der Waals surface area contributed by atoms with Crippen LogP contribution in [0, 0.1) is 4.91 Å². The summed E-state index contributed by atoms with van der Waals surface area (Å²) in [5.74, 6) is 1.05. The van der Waals surface area contributed by atoms with E-state index in [0.717, 1.165) is 44.3 Å². The van der Waals surface area contributed by atoms with Crippen LogP contribution in [0.4, 0.5) is 0 Å². The van der Waals surface area contributed by atoms with Crippen molar-refractivity contribution in [1.82, 2.24) is 0 Å². The average Bonchev–Trinajstić information content (AvgIpc) is 2.55. The Morgan fingerprint density at radius 2 is 2.18 bits per heavy atom. The number of thioether (sulfide) groups is 1. The number of nitroso groups, excluding NO2 is 1. The quantitative estimate of drug-likeness (QED) is 0.164. The molecule has 0 aliphatic heterocycles. The number of rotatable bonds is 12. The lowest BCUT2D eigenvalue weighted by Crippen LogP contribution is -1.85. The second kappa shape index (κ2) is 14.9. The van der Waals surface area contributed by atoms with Crippen molar-refractivity contribution in [1.29, 1.82) is 0 Å². The molecule has 122 valence electrons. The van der Waals surface area contributed by atoms with Gasteiger partial charge in [-0.15, -0.1) is 22.4 Å². The van der Waals surface area contributed by atoms with Gasteiger partial charge < -0.3 is 0 Å². The topological polar surface area (TPSA) is 29.4 Å². The highest BCUT2D eigenvalue weighted by Crippen LogP contribution is 2.22. The molecule has 0 unspecified atom stereocenters. The van der Waals surface area contributed by atoms with E-state index < -0.39 is 0 Å².